The smallest absolute Gasteiger partial charge is 0.0704 e. The van der Waals surface area contributed by atoms with Crippen molar-refractivity contribution in [2.45, 2.75) is 31.6 Å². The maximum atomic E-state index is 4.80. The largest absolute Gasteiger partial charge is 0.307 e. The third-order valence-electron chi connectivity index (χ3n) is 8.28. The van der Waals surface area contributed by atoms with Gasteiger partial charge in [0.2, 0.25) is 0 Å². The molecule has 0 spiro atoms. The van der Waals surface area contributed by atoms with Crippen molar-refractivity contribution in [1.29, 1.82) is 0 Å². The van der Waals surface area contributed by atoms with Crippen LogP contribution >= 0.6 is 0 Å². The van der Waals surface area contributed by atoms with Crippen LogP contribution in [0.4, 0.5) is 17.1 Å². The molecule has 4 aromatic heterocycles. The van der Waals surface area contributed by atoms with Gasteiger partial charge in [0.1, 0.15) is 0 Å². The van der Waals surface area contributed by atoms with E-state index in [1.54, 1.807) is 24.8 Å². The lowest BCUT2D eigenvalue weighted by Crippen LogP contribution is -2.12. The Hall–Kier alpha value is -4.38. The molecule has 4 heterocycles. The molecule has 5 aromatic rings. The molecule has 0 aliphatic heterocycles. The van der Waals surface area contributed by atoms with Crippen LogP contribution in [0.1, 0.15) is 37.2 Å². The number of anilines is 3. The zero-order valence-corrected chi connectivity index (χ0v) is 21.2. The van der Waals surface area contributed by atoms with Crippen molar-refractivity contribution in [2.75, 3.05) is 4.90 Å². The molecule has 2 aliphatic rings. The Balaban J connectivity index is 1.24. The molecule has 2 fully saturated rings. The zero-order chi connectivity index (χ0) is 25.3. The molecule has 0 saturated heterocycles. The van der Waals surface area contributed by atoms with Gasteiger partial charge >= 0.3 is 0 Å². The lowest BCUT2D eigenvalue weighted by molar-refractivity contribution is 0.420. The monoisotopic (exact) mass is 495 g/mol. The molecule has 1 aromatic carbocycles. The summed E-state index contributed by atoms with van der Waals surface area (Å²) in [7, 11) is 0. The van der Waals surface area contributed by atoms with Crippen molar-refractivity contribution in [2.24, 2.45) is 11.8 Å². The van der Waals surface area contributed by atoms with E-state index in [-0.39, 0.29) is 0 Å². The van der Waals surface area contributed by atoms with Gasteiger partial charge in [-0.05, 0) is 103 Å². The highest BCUT2D eigenvalue weighted by atomic mass is 15.2. The highest BCUT2D eigenvalue weighted by Crippen LogP contribution is 2.53. The van der Waals surface area contributed by atoms with Crippen molar-refractivity contribution in [1.82, 2.24) is 19.9 Å². The van der Waals surface area contributed by atoms with Crippen molar-refractivity contribution in [3.8, 4) is 22.5 Å². The van der Waals surface area contributed by atoms with Gasteiger partial charge in [0, 0.05) is 41.6 Å². The molecule has 186 valence electrons. The first-order chi connectivity index (χ1) is 18.8. The Labute approximate surface area is 223 Å². The molecular formula is C33H29N5. The molecule has 2 saturated carbocycles. The molecule has 0 N–H and O–H groups in total. The summed E-state index contributed by atoms with van der Waals surface area (Å²) < 4.78 is 0. The van der Waals surface area contributed by atoms with Crippen LogP contribution in [0.5, 0.6) is 0 Å². The molecule has 5 nitrogen and oxygen atoms in total. The standard InChI is InChI=1S/C33H29N5/c1-2-27-19-23(1)20-31(27)24-3-5-28(6-4-24)38(29-7-9-32(36-21-29)25-11-15-34-16-12-25)30-8-10-33(37-22-30)26-13-17-35-18-14-26/h3-18,21-23,27,31H,1-2,19-20H2. The molecule has 0 radical (unpaired) electrons. The van der Waals surface area contributed by atoms with Gasteiger partial charge in [-0.15, -0.1) is 0 Å². The van der Waals surface area contributed by atoms with E-state index in [0.29, 0.717) is 0 Å². The number of hydrogen-bond donors (Lipinski definition) is 0. The lowest BCUT2D eigenvalue weighted by Gasteiger charge is -2.27. The number of hydrogen-bond acceptors (Lipinski definition) is 5. The Morgan fingerprint density at radius 2 is 1.11 bits per heavy atom. The molecular weight excluding hydrogens is 466 g/mol. The summed E-state index contributed by atoms with van der Waals surface area (Å²) in [6.07, 6.45) is 16.7. The molecule has 2 aliphatic carbocycles. The minimum absolute atomic E-state index is 0.721. The summed E-state index contributed by atoms with van der Waals surface area (Å²) in [6.45, 7) is 0. The van der Waals surface area contributed by atoms with Crippen LogP contribution < -0.4 is 4.90 Å². The van der Waals surface area contributed by atoms with Crippen molar-refractivity contribution in [3.63, 3.8) is 0 Å². The molecule has 2 bridgehead atoms. The Bertz CT molecular complexity index is 1420. The van der Waals surface area contributed by atoms with Gasteiger partial charge in [-0.25, -0.2) is 0 Å². The van der Waals surface area contributed by atoms with Crippen molar-refractivity contribution >= 4 is 17.1 Å². The van der Waals surface area contributed by atoms with E-state index in [4.69, 9.17) is 9.97 Å². The van der Waals surface area contributed by atoms with E-state index in [9.17, 15) is 0 Å². The van der Waals surface area contributed by atoms with E-state index in [1.807, 2.05) is 36.7 Å². The Kier molecular flexibility index (Phi) is 5.89. The van der Waals surface area contributed by atoms with E-state index < -0.39 is 0 Å². The third-order valence-corrected chi connectivity index (χ3v) is 8.28. The van der Waals surface area contributed by atoms with Gasteiger partial charge in [-0.3, -0.25) is 19.9 Å². The predicted molar refractivity (Wildman–Crippen MR) is 151 cm³/mol. The van der Waals surface area contributed by atoms with E-state index in [1.165, 1.54) is 31.2 Å². The number of pyridine rings is 4. The quantitative estimate of drug-likeness (QED) is 0.239. The number of rotatable bonds is 6. The normalized spacial score (nSPS) is 19.9. The van der Waals surface area contributed by atoms with Crippen LogP contribution in [0, 0.1) is 11.8 Å². The average molecular weight is 496 g/mol. The van der Waals surface area contributed by atoms with Crippen LogP contribution in [0.25, 0.3) is 22.5 Å². The minimum Gasteiger partial charge on any atom is -0.307 e. The second-order valence-electron chi connectivity index (χ2n) is 10.5. The van der Waals surface area contributed by atoms with Gasteiger partial charge in [-0.1, -0.05) is 18.6 Å². The summed E-state index contributed by atoms with van der Waals surface area (Å²) in [5.41, 5.74) is 8.53. The fourth-order valence-corrected chi connectivity index (χ4v) is 6.39. The van der Waals surface area contributed by atoms with Gasteiger partial charge in [0.15, 0.2) is 0 Å². The zero-order valence-electron chi connectivity index (χ0n) is 21.2. The predicted octanol–water partition coefficient (Wildman–Crippen LogP) is 7.97. The fourth-order valence-electron chi connectivity index (χ4n) is 6.39. The summed E-state index contributed by atoms with van der Waals surface area (Å²) in [5, 5.41) is 0. The second-order valence-corrected chi connectivity index (χ2v) is 10.5. The topological polar surface area (TPSA) is 54.8 Å². The number of aromatic nitrogens is 4. The first-order valence-electron chi connectivity index (χ1n) is 13.4. The molecule has 38 heavy (non-hydrogen) atoms. The summed E-state index contributed by atoms with van der Waals surface area (Å²) in [5.74, 6) is 2.53. The van der Waals surface area contributed by atoms with Crippen LogP contribution in [-0.4, -0.2) is 19.9 Å². The summed E-state index contributed by atoms with van der Waals surface area (Å²) in [4.78, 5) is 20.1. The van der Waals surface area contributed by atoms with Crippen LogP contribution in [0.3, 0.4) is 0 Å². The maximum absolute atomic E-state index is 4.80. The molecule has 7 rings (SSSR count). The van der Waals surface area contributed by atoms with Gasteiger partial charge in [0.05, 0.1) is 35.2 Å². The van der Waals surface area contributed by atoms with Crippen LogP contribution in [0.2, 0.25) is 0 Å². The van der Waals surface area contributed by atoms with E-state index in [0.717, 1.165) is 57.3 Å². The highest BCUT2D eigenvalue weighted by molar-refractivity contribution is 5.77. The summed E-state index contributed by atoms with van der Waals surface area (Å²) in [6, 6.07) is 25.5. The van der Waals surface area contributed by atoms with Gasteiger partial charge in [-0.2, -0.15) is 0 Å². The third kappa shape index (κ3) is 4.34. The number of nitrogens with zero attached hydrogens (tertiary/aromatic N) is 5. The molecule has 3 unspecified atom stereocenters. The fraction of sp³-hybridized carbons (Fsp3) is 0.212. The van der Waals surface area contributed by atoms with E-state index in [2.05, 4.69) is 63.4 Å². The SMILES string of the molecule is c1cc(-c2ccc(N(c3ccc(C4CC5CCC4C5)cc3)c3ccc(-c4ccncc4)nc3)cn2)ccn1. The maximum Gasteiger partial charge on any atom is 0.0704 e. The molecule has 0 amide bonds. The molecule has 3 atom stereocenters. The van der Waals surface area contributed by atoms with Gasteiger partial charge in [0.25, 0.3) is 0 Å². The number of fused-ring (bicyclic) bond motifs is 2. The first kappa shape index (κ1) is 22.8. The minimum atomic E-state index is 0.721. The Morgan fingerprint density at radius 3 is 1.55 bits per heavy atom. The average Bonchev–Trinajstić information content (AvgIpc) is 3.64. The van der Waals surface area contributed by atoms with Crippen LogP contribution in [-0.2, 0) is 0 Å². The molecule has 5 heteroatoms. The first-order valence-corrected chi connectivity index (χ1v) is 13.4. The lowest BCUT2D eigenvalue weighted by atomic mass is 9.83. The van der Waals surface area contributed by atoms with Crippen LogP contribution in [0.15, 0.2) is 110 Å². The number of benzene rings is 1. The Morgan fingerprint density at radius 1 is 0.553 bits per heavy atom. The second kappa shape index (κ2) is 9.82. The van der Waals surface area contributed by atoms with Gasteiger partial charge < -0.3 is 4.90 Å². The van der Waals surface area contributed by atoms with Crippen molar-refractivity contribution in [3.05, 3.63) is 116 Å². The highest BCUT2D eigenvalue weighted by Gasteiger charge is 2.40. The van der Waals surface area contributed by atoms with Crippen molar-refractivity contribution < 1.29 is 0 Å². The summed E-state index contributed by atoms with van der Waals surface area (Å²) >= 11 is 0. The van der Waals surface area contributed by atoms with E-state index >= 15 is 0 Å².